The van der Waals surface area contributed by atoms with Gasteiger partial charge >= 0.3 is 0 Å². The molecule has 0 saturated carbocycles. The predicted octanol–water partition coefficient (Wildman–Crippen LogP) is 12.5. The highest BCUT2D eigenvalue weighted by Crippen LogP contribution is 2.44. The van der Waals surface area contributed by atoms with E-state index in [1.807, 2.05) is 54.6 Å². The van der Waals surface area contributed by atoms with Gasteiger partial charge in [0.1, 0.15) is 11.2 Å². The topological polar surface area (TPSA) is 51.8 Å². The number of hydrogen-bond acceptors (Lipinski definition) is 5. The first-order valence-electron chi connectivity index (χ1n) is 18.7. The molecule has 3 heterocycles. The van der Waals surface area contributed by atoms with Gasteiger partial charge in [-0.2, -0.15) is 0 Å². The number of furan rings is 1. The van der Waals surface area contributed by atoms with Gasteiger partial charge in [0, 0.05) is 58.8 Å². The first kappa shape index (κ1) is 23.8. The maximum absolute atomic E-state index is 8.58. The van der Waals surface area contributed by atoms with Crippen molar-refractivity contribution in [2.75, 3.05) is 0 Å². The molecule has 3 aromatic heterocycles. The third-order valence-electron chi connectivity index (χ3n) is 9.03. The number of nitrogens with zero attached hydrogens (tertiary/aromatic N) is 3. The Morgan fingerprint density at radius 3 is 2.00 bits per heavy atom. The summed E-state index contributed by atoms with van der Waals surface area (Å²) in [6.45, 7) is 0. The molecule has 0 radical (unpaired) electrons. The Bertz CT molecular complexity index is 3150. The molecular formula is C45H27N3OS. The van der Waals surface area contributed by atoms with E-state index in [0.717, 1.165) is 38.6 Å². The Kier molecular flexibility index (Phi) is 5.54. The van der Waals surface area contributed by atoms with E-state index in [4.69, 9.17) is 26.2 Å². The second-order valence-electron chi connectivity index (χ2n) is 12.0. The fraction of sp³-hybridized carbons (Fsp3) is 0. The zero-order valence-electron chi connectivity index (χ0n) is 31.4. The van der Waals surface area contributed by atoms with Crippen molar-refractivity contribution in [1.29, 1.82) is 0 Å². The Labute approximate surface area is 299 Å². The van der Waals surface area contributed by atoms with Crippen molar-refractivity contribution >= 4 is 53.4 Å². The van der Waals surface area contributed by atoms with Crippen LogP contribution in [0.1, 0.15) is 6.85 Å². The highest BCUT2D eigenvalue weighted by atomic mass is 32.1. The van der Waals surface area contributed by atoms with Crippen LogP contribution in [0.4, 0.5) is 0 Å². The molecule has 7 aromatic carbocycles. The minimum atomic E-state index is -0.435. The summed E-state index contributed by atoms with van der Waals surface area (Å²) in [6.07, 6.45) is 0. The normalized spacial score (nSPS) is 13.0. The lowest BCUT2D eigenvalue weighted by atomic mass is 9.99. The van der Waals surface area contributed by atoms with Gasteiger partial charge in [0.2, 0.25) is 0 Å². The van der Waals surface area contributed by atoms with Crippen molar-refractivity contribution in [3.05, 3.63) is 164 Å². The van der Waals surface area contributed by atoms with Crippen LogP contribution < -0.4 is 0 Å². The second-order valence-corrected chi connectivity index (χ2v) is 13.0. The first-order chi connectivity index (χ1) is 26.9. The van der Waals surface area contributed by atoms with Crippen molar-refractivity contribution in [3.63, 3.8) is 0 Å². The van der Waals surface area contributed by atoms with Crippen LogP contribution in [0.2, 0.25) is 0 Å². The monoisotopic (exact) mass is 662 g/mol. The standard InChI is InChI=1S/C45H27N3OS/c1-3-13-28(14-4-1)30-17-9-18-31(27-30)44-46-43(29-15-5-2-6-16-29)47-45(48-44)37-24-12-25-38-40(37)36-23-10-20-33(41(36)49-38)35-22-11-21-34-32-19-7-8-26-39(32)50-42(34)35/h1-27H/i1D,3D,4D,13D,14D. The Morgan fingerprint density at radius 1 is 0.480 bits per heavy atom. The van der Waals surface area contributed by atoms with Crippen LogP contribution in [0, 0.1) is 0 Å². The van der Waals surface area contributed by atoms with Crippen LogP contribution in [0.3, 0.4) is 0 Å². The zero-order valence-corrected chi connectivity index (χ0v) is 27.2. The summed E-state index contributed by atoms with van der Waals surface area (Å²) in [5.74, 6) is 1.29. The minimum absolute atomic E-state index is 0.113. The van der Waals surface area contributed by atoms with Crippen LogP contribution in [0.25, 0.3) is 98.5 Å². The van der Waals surface area contributed by atoms with E-state index in [1.54, 1.807) is 29.5 Å². The largest absolute Gasteiger partial charge is 0.455 e. The number of aromatic nitrogens is 3. The van der Waals surface area contributed by atoms with Gasteiger partial charge in [0.15, 0.2) is 17.5 Å². The van der Waals surface area contributed by atoms with Crippen molar-refractivity contribution < 1.29 is 11.3 Å². The lowest BCUT2D eigenvalue weighted by molar-refractivity contribution is 0.670. The van der Waals surface area contributed by atoms with Crippen molar-refractivity contribution in [3.8, 4) is 56.4 Å². The van der Waals surface area contributed by atoms with Gasteiger partial charge in [-0.3, -0.25) is 0 Å². The Hall–Kier alpha value is -6.43. The van der Waals surface area contributed by atoms with Crippen LogP contribution in [0.5, 0.6) is 0 Å². The second kappa shape index (κ2) is 11.6. The summed E-state index contributed by atoms with van der Waals surface area (Å²) in [4.78, 5) is 15.0. The van der Waals surface area contributed by atoms with Crippen LogP contribution in [0.15, 0.2) is 168 Å². The molecule has 4 nitrogen and oxygen atoms in total. The molecule has 0 aliphatic heterocycles. The third kappa shape index (κ3) is 4.71. The van der Waals surface area contributed by atoms with Gasteiger partial charge in [-0.1, -0.05) is 145 Å². The van der Waals surface area contributed by atoms with Crippen LogP contribution in [-0.4, -0.2) is 15.0 Å². The van der Waals surface area contributed by atoms with E-state index in [-0.39, 0.29) is 29.7 Å². The van der Waals surface area contributed by atoms with Crippen molar-refractivity contribution in [2.24, 2.45) is 0 Å². The highest BCUT2D eigenvalue weighted by molar-refractivity contribution is 7.26. The molecule has 0 spiro atoms. The summed E-state index contributed by atoms with van der Waals surface area (Å²) in [5, 5.41) is 4.27. The molecule has 0 aliphatic carbocycles. The lowest BCUT2D eigenvalue weighted by Crippen LogP contribution is -2.00. The smallest absolute Gasteiger partial charge is 0.164 e. The Morgan fingerprint density at radius 2 is 1.12 bits per heavy atom. The van der Waals surface area contributed by atoms with E-state index >= 15 is 0 Å². The number of thiophene rings is 1. The molecule has 10 aromatic rings. The van der Waals surface area contributed by atoms with E-state index in [9.17, 15) is 0 Å². The maximum atomic E-state index is 8.58. The molecule has 0 fully saturated rings. The number of benzene rings is 7. The molecular weight excluding hydrogens is 631 g/mol. The van der Waals surface area contributed by atoms with Gasteiger partial charge in [-0.15, -0.1) is 11.3 Å². The third-order valence-corrected chi connectivity index (χ3v) is 10.3. The number of fused-ring (bicyclic) bond motifs is 6. The Balaban J connectivity index is 1.18. The van der Waals surface area contributed by atoms with E-state index in [2.05, 4.69) is 60.7 Å². The van der Waals surface area contributed by atoms with Gasteiger partial charge in [0.25, 0.3) is 0 Å². The molecule has 0 aliphatic rings. The average Bonchev–Trinajstić information content (AvgIpc) is 3.81. The van der Waals surface area contributed by atoms with Gasteiger partial charge in [-0.25, -0.2) is 15.0 Å². The SMILES string of the molecule is [2H]c1c([2H])c([2H])c(-c2cccc(-c3nc(-c4ccccc4)nc(-c4cccc5oc6c(-c7cccc8c7sc7ccccc78)cccc6c45)n3)c2)c([2H])c1[2H]. The molecule has 5 heteroatoms. The fourth-order valence-corrected chi connectivity index (χ4v) is 7.99. The molecule has 0 saturated heterocycles. The molecule has 0 amide bonds. The lowest BCUT2D eigenvalue weighted by Gasteiger charge is -2.10. The van der Waals surface area contributed by atoms with Gasteiger partial charge < -0.3 is 4.42 Å². The molecule has 0 N–H and O–H groups in total. The van der Waals surface area contributed by atoms with Crippen molar-refractivity contribution in [2.45, 2.75) is 0 Å². The van der Waals surface area contributed by atoms with Crippen LogP contribution in [-0.2, 0) is 0 Å². The summed E-state index contributed by atoms with van der Waals surface area (Å²) in [6, 6.07) is 42.1. The molecule has 234 valence electrons. The summed E-state index contributed by atoms with van der Waals surface area (Å²) >= 11 is 1.78. The highest BCUT2D eigenvalue weighted by Gasteiger charge is 2.21. The summed E-state index contributed by atoms with van der Waals surface area (Å²) in [7, 11) is 0. The average molecular weight is 663 g/mol. The molecule has 50 heavy (non-hydrogen) atoms. The summed E-state index contributed by atoms with van der Waals surface area (Å²) < 4.78 is 50.9. The van der Waals surface area contributed by atoms with Crippen LogP contribution >= 0.6 is 11.3 Å². The fourth-order valence-electron chi connectivity index (χ4n) is 6.76. The van der Waals surface area contributed by atoms with Gasteiger partial charge in [-0.05, 0) is 29.3 Å². The predicted molar refractivity (Wildman–Crippen MR) is 207 cm³/mol. The van der Waals surface area contributed by atoms with E-state index in [1.165, 1.54) is 20.2 Å². The van der Waals surface area contributed by atoms with E-state index < -0.39 is 6.04 Å². The number of para-hydroxylation sites is 1. The quantitative estimate of drug-likeness (QED) is 0.184. The first-order valence-corrected chi connectivity index (χ1v) is 17.0. The summed E-state index contributed by atoms with van der Waals surface area (Å²) in [5.41, 5.74) is 6.35. The zero-order chi connectivity index (χ0) is 37.4. The molecule has 0 bridgehead atoms. The molecule has 0 atom stereocenters. The molecule has 10 rings (SSSR count). The number of rotatable bonds is 5. The number of hydrogen-bond donors (Lipinski definition) is 0. The van der Waals surface area contributed by atoms with E-state index in [0.29, 0.717) is 34.2 Å². The van der Waals surface area contributed by atoms with Gasteiger partial charge in [0.05, 0.1) is 6.85 Å². The minimum Gasteiger partial charge on any atom is -0.455 e. The van der Waals surface area contributed by atoms with Crippen molar-refractivity contribution in [1.82, 2.24) is 15.0 Å². The molecule has 0 unspecified atom stereocenters. The maximum Gasteiger partial charge on any atom is 0.164 e.